The molecule has 1 aromatic heterocycles. The number of aliphatic hydroxyl groups excluding tert-OH is 1. The number of nitrogens with one attached hydrogen (secondary N) is 1. The zero-order valence-electron chi connectivity index (χ0n) is 12.6. The molecule has 2 atom stereocenters. The molecule has 0 aliphatic heterocycles. The predicted octanol–water partition coefficient (Wildman–Crippen LogP) is 1.55. The molecule has 0 bridgehead atoms. The Bertz CT molecular complexity index is 656. The smallest absolute Gasteiger partial charge is 0.251 e. The van der Waals surface area contributed by atoms with Crippen LogP contribution >= 0.6 is 0 Å². The second kappa shape index (κ2) is 5.88. The summed E-state index contributed by atoms with van der Waals surface area (Å²) in [6.45, 7) is 2.12. The lowest BCUT2D eigenvalue weighted by molar-refractivity contribution is 0.0830. The highest BCUT2D eigenvalue weighted by molar-refractivity contribution is 5.95. The molecular formula is C16H20N4O2. The van der Waals surface area contributed by atoms with Crippen LogP contribution < -0.4 is 5.32 Å². The van der Waals surface area contributed by atoms with E-state index in [1.165, 1.54) is 6.33 Å². The lowest BCUT2D eigenvalue weighted by atomic mass is 9.85. The zero-order valence-corrected chi connectivity index (χ0v) is 12.6. The van der Waals surface area contributed by atoms with E-state index in [9.17, 15) is 9.90 Å². The van der Waals surface area contributed by atoms with Crippen LogP contribution in [0.15, 0.2) is 36.9 Å². The minimum atomic E-state index is -0.223. The molecule has 0 radical (unpaired) electrons. The van der Waals surface area contributed by atoms with Crippen molar-refractivity contribution < 1.29 is 9.90 Å². The summed E-state index contributed by atoms with van der Waals surface area (Å²) in [4.78, 5) is 16.4. The minimum Gasteiger partial charge on any atom is -0.396 e. The summed E-state index contributed by atoms with van der Waals surface area (Å²) in [7, 11) is 0. The molecule has 1 aromatic carbocycles. The molecule has 1 fully saturated rings. The van der Waals surface area contributed by atoms with Gasteiger partial charge in [-0.25, -0.2) is 9.67 Å². The van der Waals surface area contributed by atoms with E-state index in [1.54, 1.807) is 23.1 Å². The average Bonchev–Trinajstić information content (AvgIpc) is 3.19. The zero-order chi connectivity index (χ0) is 15.6. The Morgan fingerprint density at radius 1 is 1.55 bits per heavy atom. The Morgan fingerprint density at radius 2 is 2.41 bits per heavy atom. The fourth-order valence-corrected chi connectivity index (χ4v) is 3.04. The summed E-state index contributed by atoms with van der Waals surface area (Å²) in [5.74, 6) is -0.117. The first kappa shape index (κ1) is 14.7. The number of nitrogens with zero attached hydrogens (tertiary/aromatic N) is 3. The Morgan fingerprint density at radius 3 is 3.14 bits per heavy atom. The van der Waals surface area contributed by atoms with Crippen molar-refractivity contribution in [1.82, 2.24) is 20.1 Å². The van der Waals surface area contributed by atoms with Gasteiger partial charge < -0.3 is 10.4 Å². The Labute approximate surface area is 129 Å². The van der Waals surface area contributed by atoms with Crippen LogP contribution in [0.4, 0.5) is 0 Å². The first-order valence-corrected chi connectivity index (χ1v) is 7.49. The highest BCUT2D eigenvalue weighted by atomic mass is 16.3. The first-order chi connectivity index (χ1) is 10.6. The van der Waals surface area contributed by atoms with Gasteiger partial charge in [0, 0.05) is 17.0 Å². The van der Waals surface area contributed by atoms with Crippen LogP contribution in [0.3, 0.4) is 0 Å². The molecule has 1 saturated carbocycles. The number of aliphatic hydroxyl groups is 1. The van der Waals surface area contributed by atoms with Crippen molar-refractivity contribution >= 4 is 5.91 Å². The second-order valence-electron chi connectivity index (χ2n) is 6.12. The standard InChI is InChI=1S/C16H20N4O2/c1-16(9-21)7-3-6-14(16)19-15(22)12-4-2-5-13(8-12)20-11-17-10-18-20/h2,4-5,8,10-11,14,21H,3,6-7,9H2,1H3,(H,19,22). The quantitative estimate of drug-likeness (QED) is 0.898. The van der Waals surface area contributed by atoms with Gasteiger partial charge in [0.05, 0.1) is 12.3 Å². The van der Waals surface area contributed by atoms with Gasteiger partial charge >= 0.3 is 0 Å². The molecule has 3 rings (SSSR count). The molecule has 22 heavy (non-hydrogen) atoms. The van der Waals surface area contributed by atoms with Crippen LogP contribution in [0.1, 0.15) is 36.5 Å². The van der Waals surface area contributed by atoms with Crippen LogP contribution in [-0.4, -0.2) is 38.4 Å². The van der Waals surface area contributed by atoms with Crippen molar-refractivity contribution in [3.63, 3.8) is 0 Å². The topological polar surface area (TPSA) is 80.0 Å². The van der Waals surface area contributed by atoms with E-state index in [0.717, 1.165) is 24.9 Å². The molecule has 6 heteroatoms. The van der Waals surface area contributed by atoms with Crippen molar-refractivity contribution in [2.45, 2.75) is 32.2 Å². The molecule has 2 N–H and O–H groups in total. The molecule has 0 saturated heterocycles. The van der Waals surface area contributed by atoms with Gasteiger partial charge in [0.2, 0.25) is 0 Å². The third-order valence-corrected chi connectivity index (χ3v) is 4.54. The lowest BCUT2D eigenvalue weighted by Gasteiger charge is -2.30. The van der Waals surface area contributed by atoms with Crippen molar-refractivity contribution in [2.75, 3.05) is 6.61 Å². The molecule has 1 heterocycles. The first-order valence-electron chi connectivity index (χ1n) is 7.49. The monoisotopic (exact) mass is 300 g/mol. The summed E-state index contributed by atoms with van der Waals surface area (Å²) >= 11 is 0. The van der Waals surface area contributed by atoms with E-state index in [4.69, 9.17) is 0 Å². The van der Waals surface area contributed by atoms with Crippen molar-refractivity contribution in [2.24, 2.45) is 5.41 Å². The Kier molecular flexibility index (Phi) is 3.94. The van der Waals surface area contributed by atoms with Crippen molar-refractivity contribution in [1.29, 1.82) is 0 Å². The maximum Gasteiger partial charge on any atom is 0.251 e. The largest absolute Gasteiger partial charge is 0.396 e. The molecule has 2 unspecified atom stereocenters. The molecule has 1 amide bonds. The molecular weight excluding hydrogens is 280 g/mol. The SMILES string of the molecule is CC1(CO)CCCC1NC(=O)c1cccc(-n2cncn2)c1. The van der Waals surface area contributed by atoms with Crippen molar-refractivity contribution in [3.8, 4) is 5.69 Å². The highest BCUT2D eigenvalue weighted by Gasteiger charge is 2.39. The summed E-state index contributed by atoms with van der Waals surface area (Å²) in [5, 5.41) is 16.7. The van der Waals surface area contributed by atoms with Gasteiger partial charge in [-0.15, -0.1) is 0 Å². The number of carbonyl (C=O) groups is 1. The fraction of sp³-hybridized carbons (Fsp3) is 0.438. The van der Waals surface area contributed by atoms with E-state index in [2.05, 4.69) is 15.4 Å². The van der Waals surface area contributed by atoms with Crippen LogP contribution in [0.2, 0.25) is 0 Å². The predicted molar refractivity (Wildman–Crippen MR) is 81.7 cm³/mol. The Hall–Kier alpha value is -2.21. The normalized spacial score (nSPS) is 24.4. The highest BCUT2D eigenvalue weighted by Crippen LogP contribution is 2.37. The number of hydrogen-bond donors (Lipinski definition) is 2. The molecule has 6 nitrogen and oxygen atoms in total. The molecule has 1 aliphatic carbocycles. The molecule has 2 aromatic rings. The summed E-state index contributed by atoms with van der Waals surface area (Å²) in [5.41, 5.74) is 1.15. The lowest BCUT2D eigenvalue weighted by Crippen LogP contribution is -2.44. The number of carbonyl (C=O) groups excluding carboxylic acids is 1. The van der Waals surface area contributed by atoms with Gasteiger partial charge in [-0.3, -0.25) is 4.79 Å². The molecule has 0 spiro atoms. The van der Waals surface area contributed by atoms with E-state index >= 15 is 0 Å². The van der Waals surface area contributed by atoms with Gasteiger partial charge in [0.1, 0.15) is 12.7 Å². The number of amides is 1. The second-order valence-corrected chi connectivity index (χ2v) is 6.12. The van der Waals surface area contributed by atoms with Crippen LogP contribution in [0.25, 0.3) is 5.69 Å². The number of benzene rings is 1. The van der Waals surface area contributed by atoms with E-state index in [0.29, 0.717) is 5.56 Å². The van der Waals surface area contributed by atoms with Gasteiger partial charge in [0.15, 0.2) is 0 Å². The van der Waals surface area contributed by atoms with Gasteiger partial charge in [0.25, 0.3) is 5.91 Å². The van der Waals surface area contributed by atoms with E-state index in [1.807, 2.05) is 19.1 Å². The third kappa shape index (κ3) is 2.74. The third-order valence-electron chi connectivity index (χ3n) is 4.54. The summed E-state index contributed by atoms with van der Waals surface area (Å²) < 4.78 is 1.62. The van der Waals surface area contributed by atoms with Gasteiger partial charge in [-0.2, -0.15) is 5.10 Å². The summed E-state index contributed by atoms with van der Waals surface area (Å²) in [6, 6.07) is 7.28. The minimum absolute atomic E-state index is 0.0139. The number of rotatable bonds is 4. The Balaban J connectivity index is 1.77. The van der Waals surface area contributed by atoms with Crippen LogP contribution in [-0.2, 0) is 0 Å². The maximum absolute atomic E-state index is 12.5. The fourth-order valence-electron chi connectivity index (χ4n) is 3.04. The molecule has 1 aliphatic rings. The van der Waals surface area contributed by atoms with E-state index < -0.39 is 0 Å². The van der Waals surface area contributed by atoms with Crippen LogP contribution in [0.5, 0.6) is 0 Å². The van der Waals surface area contributed by atoms with Gasteiger partial charge in [-0.1, -0.05) is 19.4 Å². The van der Waals surface area contributed by atoms with Crippen LogP contribution in [0, 0.1) is 5.41 Å². The maximum atomic E-state index is 12.5. The average molecular weight is 300 g/mol. The number of aromatic nitrogens is 3. The summed E-state index contributed by atoms with van der Waals surface area (Å²) in [6.07, 6.45) is 5.93. The van der Waals surface area contributed by atoms with Gasteiger partial charge in [-0.05, 0) is 31.0 Å². The van der Waals surface area contributed by atoms with E-state index in [-0.39, 0.29) is 24.0 Å². The van der Waals surface area contributed by atoms with Crippen molar-refractivity contribution in [3.05, 3.63) is 42.5 Å². The number of hydrogen-bond acceptors (Lipinski definition) is 4. The molecule has 116 valence electrons.